The van der Waals surface area contributed by atoms with Crippen molar-refractivity contribution in [3.8, 4) is 12.3 Å². The molecule has 0 amide bonds. The summed E-state index contributed by atoms with van der Waals surface area (Å²) in [5, 5.41) is 0.274. The molecule has 0 aliphatic carbocycles. The fourth-order valence-corrected chi connectivity index (χ4v) is 3.45. The molecular formula is C13H17ClN2O2S. The van der Waals surface area contributed by atoms with E-state index in [4.69, 9.17) is 23.8 Å². The summed E-state index contributed by atoms with van der Waals surface area (Å²) in [6.07, 6.45) is 6.67. The number of sulfonamides is 1. The van der Waals surface area contributed by atoms with Crippen molar-refractivity contribution < 1.29 is 8.42 Å². The van der Waals surface area contributed by atoms with Crippen molar-refractivity contribution >= 4 is 27.3 Å². The highest BCUT2D eigenvalue weighted by atomic mass is 35.5. The second-order valence-corrected chi connectivity index (χ2v) is 6.37. The second kappa shape index (κ2) is 6.29. The third-order valence-corrected chi connectivity index (χ3v) is 4.55. The minimum absolute atomic E-state index is 0.0638. The molecule has 1 rings (SSSR count). The van der Waals surface area contributed by atoms with E-state index < -0.39 is 16.1 Å². The van der Waals surface area contributed by atoms with Crippen molar-refractivity contribution in [1.82, 2.24) is 4.72 Å². The molecule has 0 saturated heterocycles. The molecule has 0 aromatic heterocycles. The van der Waals surface area contributed by atoms with Crippen LogP contribution in [-0.4, -0.2) is 14.5 Å². The summed E-state index contributed by atoms with van der Waals surface area (Å²) < 4.78 is 27.0. The molecule has 0 aliphatic heterocycles. The van der Waals surface area contributed by atoms with Gasteiger partial charge in [-0.15, -0.1) is 6.42 Å². The Bertz CT molecular complexity index is 606. The minimum Gasteiger partial charge on any atom is -0.398 e. The van der Waals surface area contributed by atoms with Gasteiger partial charge in [0.05, 0.1) is 10.9 Å². The average Bonchev–Trinajstić information content (AvgIpc) is 2.32. The van der Waals surface area contributed by atoms with Gasteiger partial charge in [-0.25, -0.2) is 8.42 Å². The first kappa shape index (κ1) is 15.8. The number of hydrogen-bond acceptors (Lipinski definition) is 3. The van der Waals surface area contributed by atoms with E-state index >= 15 is 0 Å². The van der Waals surface area contributed by atoms with Crippen molar-refractivity contribution in [1.29, 1.82) is 0 Å². The Morgan fingerprint density at radius 1 is 1.53 bits per heavy atom. The number of rotatable bonds is 5. The summed E-state index contributed by atoms with van der Waals surface area (Å²) in [6, 6.07) is 2.35. The summed E-state index contributed by atoms with van der Waals surface area (Å²) in [6.45, 7) is 3.56. The van der Waals surface area contributed by atoms with Gasteiger partial charge < -0.3 is 5.73 Å². The molecule has 0 aliphatic rings. The number of anilines is 1. The van der Waals surface area contributed by atoms with Crippen molar-refractivity contribution in [3.63, 3.8) is 0 Å². The zero-order chi connectivity index (χ0) is 14.6. The van der Waals surface area contributed by atoms with Gasteiger partial charge in [-0.2, -0.15) is 4.72 Å². The number of nitrogens with two attached hydrogens (primary N) is 1. The van der Waals surface area contributed by atoms with Gasteiger partial charge >= 0.3 is 0 Å². The molecule has 1 atom stereocenters. The van der Waals surface area contributed by atoms with Gasteiger partial charge in [0.2, 0.25) is 10.0 Å². The Hall–Kier alpha value is -1.22. The first-order valence-electron chi connectivity index (χ1n) is 5.86. The quantitative estimate of drug-likeness (QED) is 0.647. The number of nitrogens with one attached hydrogen (secondary N) is 1. The van der Waals surface area contributed by atoms with Gasteiger partial charge in [-0.3, -0.25) is 0 Å². The number of hydrogen-bond donors (Lipinski definition) is 2. The van der Waals surface area contributed by atoms with E-state index in [0.29, 0.717) is 17.7 Å². The Kier molecular flexibility index (Phi) is 5.24. The van der Waals surface area contributed by atoms with Crippen molar-refractivity contribution in [2.75, 3.05) is 5.73 Å². The summed E-state index contributed by atoms with van der Waals surface area (Å²) in [4.78, 5) is 0.0638. The maximum Gasteiger partial charge on any atom is 0.242 e. The van der Waals surface area contributed by atoms with Crippen LogP contribution in [0.15, 0.2) is 17.0 Å². The molecule has 0 fully saturated rings. The highest BCUT2D eigenvalue weighted by Gasteiger charge is 2.22. The predicted octanol–water partition coefficient (Wildman–Crippen LogP) is 2.31. The summed E-state index contributed by atoms with van der Waals surface area (Å²) >= 11 is 5.85. The molecular weight excluding hydrogens is 284 g/mol. The first-order valence-corrected chi connectivity index (χ1v) is 7.72. The lowest BCUT2D eigenvalue weighted by Crippen LogP contribution is -2.34. The molecule has 0 heterocycles. The molecule has 6 heteroatoms. The van der Waals surface area contributed by atoms with Crippen molar-refractivity contribution in [3.05, 3.63) is 22.7 Å². The van der Waals surface area contributed by atoms with Crippen LogP contribution in [0, 0.1) is 19.3 Å². The van der Waals surface area contributed by atoms with Crippen LogP contribution >= 0.6 is 11.6 Å². The predicted molar refractivity (Wildman–Crippen MR) is 78.5 cm³/mol. The smallest absolute Gasteiger partial charge is 0.242 e. The molecule has 19 heavy (non-hydrogen) atoms. The van der Waals surface area contributed by atoms with Crippen LogP contribution in [-0.2, 0) is 10.0 Å². The lowest BCUT2D eigenvalue weighted by Gasteiger charge is -2.15. The molecule has 0 saturated carbocycles. The molecule has 0 spiro atoms. The van der Waals surface area contributed by atoms with Crippen LogP contribution in [0.4, 0.5) is 5.69 Å². The zero-order valence-corrected chi connectivity index (χ0v) is 12.5. The SMILES string of the molecule is C#CC(CCC)NS(=O)(=O)c1cc(Cl)cc(N)c1C. The van der Waals surface area contributed by atoms with E-state index in [1.807, 2.05) is 6.92 Å². The van der Waals surface area contributed by atoms with Crippen LogP contribution in [0.3, 0.4) is 0 Å². The third kappa shape index (κ3) is 3.87. The van der Waals surface area contributed by atoms with Crippen LogP contribution < -0.4 is 10.5 Å². The Morgan fingerprint density at radius 2 is 2.16 bits per heavy atom. The lowest BCUT2D eigenvalue weighted by molar-refractivity contribution is 0.564. The van der Waals surface area contributed by atoms with Crippen molar-refractivity contribution in [2.45, 2.75) is 37.6 Å². The standard InChI is InChI=1S/C13H17ClN2O2S/c1-4-6-11(5-2)16-19(17,18)13-8-10(14)7-12(15)9(13)3/h2,7-8,11,16H,4,6,15H2,1,3H3. The van der Waals surface area contributed by atoms with E-state index in [0.717, 1.165) is 6.42 Å². The Morgan fingerprint density at radius 3 is 2.68 bits per heavy atom. The Labute approximate surface area is 119 Å². The molecule has 0 radical (unpaired) electrons. The van der Waals surface area contributed by atoms with E-state index in [1.165, 1.54) is 12.1 Å². The second-order valence-electron chi connectivity index (χ2n) is 4.25. The highest BCUT2D eigenvalue weighted by Crippen LogP contribution is 2.26. The molecule has 3 N–H and O–H groups in total. The largest absolute Gasteiger partial charge is 0.398 e. The molecule has 1 aromatic carbocycles. The van der Waals surface area contributed by atoms with Crippen LogP contribution in [0.2, 0.25) is 5.02 Å². The van der Waals surface area contributed by atoms with Gasteiger partial charge in [0.15, 0.2) is 0 Å². The van der Waals surface area contributed by atoms with E-state index in [-0.39, 0.29) is 9.92 Å². The number of benzene rings is 1. The fraction of sp³-hybridized carbons (Fsp3) is 0.385. The van der Waals surface area contributed by atoms with Gasteiger partial charge in [-0.05, 0) is 31.0 Å². The monoisotopic (exact) mass is 300 g/mol. The van der Waals surface area contributed by atoms with Gasteiger partial charge in [0.1, 0.15) is 0 Å². The minimum atomic E-state index is -3.73. The van der Waals surface area contributed by atoms with Gasteiger partial charge in [0, 0.05) is 10.7 Å². The highest BCUT2D eigenvalue weighted by molar-refractivity contribution is 7.89. The number of nitrogen functional groups attached to an aromatic ring is 1. The van der Waals surface area contributed by atoms with Crippen LogP contribution in [0.5, 0.6) is 0 Å². The van der Waals surface area contributed by atoms with E-state index in [1.54, 1.807) is 6.92 Å². The Balaban J connectivity index is 3.18. The maximum absolute atomic E-state index is 12.3. The van der Waals surface area contributed by atoms with Gasteiger partial charge in [-0.1, -0.05) is 30.9 Å². The lowest BCUT2D eigenvalue weighted by atomic mass is 10.2. The molecule has 1 unspecified atom stereocenters. The maximum atomic E-state index is 12.3. The van der Waals surface area contributed by atoms with Crippen molar-refractivity contribution in [2.24, 2.45) is 0 Å². The zero-order valence-electron chi connectivity index (χ0n) is 10.9. The topological polar surface area (TPSA) is 72.2 Å². The normalized spacial score (nSPS) is 12.9. The molecule has 104 valence electrons. The summed E-state index contributed by atoms with van der Waals surface area (Å²) in [7, 11) is -3.73. The summed E-state index contributed by atoms with van der Waals surface area (Å²) in [5.41, 5.74) is 6.52. The third-order valence-electron chi connectivity index (χ3n) is 2.73. The number of terminal acetylenes is 1. The molecule has 1 aromatic rings. The number of halogens is 1. The first-order chi connectivity index (χ1) is 8.81. The molecule has 0 bridgehead atoms. The average molecular weight is 301 g/mol. The van der Waals surface area contributed by atoms with E-state index in [2.05, 4.69) is 10.6 Å². The van der Waals surface area contributed by atoms with Crippen LogP contribution in [0.1, 0.15) is 25.3 Å². The fourth-order valence-electron chi connectivity index (χ4n) is 1.67. The van der Waals surface area contributed by atoms with Crippen LogP contribution in [0.25, 0.3) is 0 Å². The molecule has 4 nitrogen and oxygen atoms in total. The van der Waals surface area contributed by atoms with Gasteiger partial charge in [0.25, 0.3) is 0 Å². The van der Waals surface area contributed by atoms with E-state index in [9.17, 15) is 8.42 Å². The summed E-state index contributed by atoms with van der Waals surface area (Å²) in [5.74, 6) is 2.42.